The average Bonchev–Trinajstić information content (AvgIpc) is 3.14. The molecular formula is C21H26N4O5S. The van der Waals surface area contributed by atoms with Crippen molar-refractivity contribution >= 4 is 44.5 Å². The largest absolute Gasteiger partial charge is 0.466 e. The molecule has 0 spiro atoms. The molecule has 1 heterocycles. The van der Waals surface area contributed by atoms with E-state index in [2.05, 4.69) is 22.1 Å². The first-order valence-corrected chi connectivity index (χ1v) is 10.7. The third kappa shape index (κ3) is 6.95. The van der Waals surface area contributed by atoms with Crippen LogP contribution in [0.5, 0.6) is 0 Å². The van der Waals surface area contributed by atoms with Gasteiger partial charge in [-0.05, 0) is 68.7 Å². The summed E-state index contributed by atoms with van der Waals surface area (Å²) in [5.74, 6) is -0.557. The molecule has 2 aromatic rings. The number of rotatable bonds is 11. The number of thiophene rings is 1. The van der Waals surface area contributed by atoms with Crippen LogP contribution < -0.4 is 4.90 Å². The lowest BCUT2D eigenvalue weighted by molar-refractivity contribution is -0.380. The summed E-state index contributed by atoms with van der Waals surface area (Å²) in [5, 5.41) is 19.4. The first-order valence-electron chi connectivity index (χ1n) is 9.92. The van der Waals surface area contributed by atoms with Gasteiger partial charge in [0.1, 0.15) is 0 Å². The molecule has 0 saturated carbocycles. The molecule has 1 aromatic carbocycles. The number of esters is 1. The van der Waals surface area contributed by atoms with Gasteiger partial charge in [0, 0.05) is 31.8 Å². The predicted octanol–water partition coefficient (Wildman–Crippen LogP) is 5.75. The Morgan fingerprint density at radius 2 is 1.94 bits per heavy atom. The fraction of sp³-hybridized carbons (Fsp3) is 0.429. The van der Waals surface area contributed by atoms with E-state index >= 15 is 0 Å². The Kier molecular flexibility index (Phi) is 8.80. The number of nitro groups is 1. The van der Waals surface area contributed by atoms with Gasteiger partial charge in [-0.15, -0.1) is 10.2 Å². The number of aryl methyl sites for hydroxylation is 1. The second-order valence-electron chi connectivity index (χ2n) is 6.91. The fourth-order valence-corrected chi connectivity index (χ4v) is 3.77. The molecule has 10 heteroatoms. The Hall–Kier alpha value is -3.14. The summed E-state index contributed by atoms with van der Waals surface area (Å²) in [7, 11) is 0. The van der Waals surface area contributed by atoms with E-state index in [9.17, 15) is 19.7 Å². The Morgan fingerprint density at radius 1 is 1.19 bits per heavy atom. The molecule has 31 heavy (non-hydrogen) atoms. The van der Waals surface area contributed by atoms with Crippen molar-refractivity contribution in [3.8, 4) is 0 Å². The van der Waals surface area contributed by atoms with E-state index in [-0.39, 0.29) is 27.3 Å². The third-order valence-corrected chi connectivity index (χ3v) is 5.53. The molecule has 166 valence electrons. The van der Waals surface area contributed by atoms with Gasteiger partial charge < -0.3 is 9.64 Å². The van der Waals surface area contributed by atoms with E-state index < -0.39 is 4.92 Å². The van der Waals surface area contributed by atoms with Crippen LogP contribution in [0.25, 0.3) is 0 Å². The van der Waals surface area contributed by atoms with Gasteiger partial charge in [0.2, 0.25) is 0 Å². The zero-order valence-corrected chi connectivity index (χ0v) is 18.9. The standard InChI is InChI=1S/C21H26N4O5S/c1-5-24(10-6-7-11-30-16(4)27)17-8-9-19(14(2)12-17)22-23-21-18(15(3)26)13-20(31-21)25(28)29/h8-9,12-13H,5-7,10-11H2,1-4H3/b23-22+. The molecule has 0 aliphatic rings. The summed E-state index contributed by atoms with van der Waals surface area (Å²) >= 11 is 0.828. The maximum atomic E-state index is 11.7. The number of hydrogen-bond acceptors (Lipinski definition) is 9. The SMILES string of the molecule is CCN(CCCCOC(C)=O)c1ccc(/N=N/c2sc([N+](=O)[O-])cc2C(C)=O)c(C)c1. The number of Topliss-reactive ketones (excluding diaryl/α,β-unsaturated/α-hetero) is 1. The topological polar surface area (TPSA) is 114 Å². The predicted molar refractivity (Wildman–Crippen MR) is 120 cm³/mol. The molecule has 2 rings (SSSR count). The monoisotopic (exact) mass is 446 g/mol. The maximum Gasteiger partial charge on any atom is 0.326 e. The number of carbonyl (C=O) groups excluding carboxylic acids is 2. The van der Waals surface area contributed by atoms with Gasteiger partial charge in [0.25, 0.3) is 0 Å². The van der Waals surface area contributed by atoms with Crippen molar-refractivity contribution in [3.05, 3.63) is 45.5 Å². The van der Waals surface area contributed by atoms with E-state index in [0.717, 1.165) is 48.5 Å². The average molecular weight is 447 g/mol. The minimum Gasteiger partial charge on any atom is -0.466 e. The van der Waals surface area contributed by atoms with Gasteiger partial charge in [-0.2, -0.15) is 0 Å². The van der Waals surface area contributed by atoms with E-state index in [1.54, 1.807) is 0 Å². The number of ketones is 1. The Balaban J connectivity index is 2.10. The molecular weight excluding hydrogens is 420 g/mol. The van der Waals surface area contributed by atoms with Crippen molar-refractivity contribution in [1.82, 2.24) is 0 Å². The molecule has 0 atom stereocenters. The molecule has 0 N–H and O–H groups in total. The summed E-state index contributed by atoms with van der Waals surface area (Å²) in [4.78, 5) is 35.2. The molecule has 1 aromatic heterocycles. The summed E-state index contributed by atoms with van der Waals surface area (Å²) in [6.07, 6.45) is 1.69. The van der Waals surface area contributed by atoms with E-state index in [4.69, 9.17) is 4.74 Å². The highest BCUT2D eigenvalue weighted by Gasteiger charge is 2.19. The van der Waals surface area contributed by atoms with Crippen molar-refractivity contribution in [2.75, 3.05) is 24.6 Å². The second-order valence-corrected chi connectivity index (χ2v) is 7.92. The number of azo groups is 1. The van der Waals surface area contributed by atoms with Gasteiger partial charge in [-0.25, -0.2) is 0 Å². The van der Waals surface area contributed by atoms with Crippen molar-refractivity contribution < 1.29 is 19.2 Å². The summed E-state index contributed by atoms with van der Waals surface area (Å²) in [6, 6.07) is 7.02. The molecule has 0 aliphatic carbocycles. The lowest BCUT2D eigenvalue weighted by Crippen LogP contribution is -2.24. The first-order chi connectivity index (χ1) is 14.7. The highest BCUT2D eigenvalue weighted by atomic mass is 32.1. The van der Waals surface area contributed by atoms with Gasteiger partial charge in [0.15, 0.2) is 10.8 Å². The third-order valence-electron chi connectivity index (χ3n) is 4.56. The molecule has 9 nitrogen and oxygen atoms in total. The Bertz CT molecular complexity index is 986. The normalized spacial score (nSPS) is 11.0. The molecule has 0 unspecified atom stereocenters. The summed E-state index contributed by atoms with van der Waals surface area (Å²) < 4.78 is 4.96. The van der Waals surface area contributed by atoms with E-state index in [0.29, 0.717) is 12.3 Å². The van der Waals surface area contributed by atoms with Crippen LogP contribution in [0.3, 0.4) is 0 Å². The molecule has 0 saturated heterocycles. The lowest BCUT2D eigenvalue weighted by Gasteiger charge is -2.23. The molecule has 0 bridgehead atoms. The van der Waals surface area contributed by atoms with Crippen LogP contribution >= 0.6 is 11.3 Å². The van der Waals surface area contributed by atoms with Crippen LogP contribution in [0, 0.1) is 17.0 Å². The van der Waals surface area contributed by atoms with Gasteiger partial charge in [-0.1, -0.05) is 0 Å². The lowest BCUT2D eigenvalue weighted by atomic mass is 10.1. The number of unbranched alkanes of at least 4 members (excludes halogenated alkanes) is 1. The van der Waals surface area contributed by atoms with Crippen molar-refractivity contribution in [3.63, 3.8) is 0 Å². The number of ether oxygens (including phenoxy) is 1. The maximum absolute atomic E-state index is 11.7. The Labute approximate surface area is 184 Å². The fourth-order valence-electron chi connectivity index (χ4n) is 2.92. The highest BCUT2D eigenvalue weighted by molar-refractivity contribution is 7.19. The van der Waals surface area contributed by atoms with Crippen LogP contribution in [0.4, 0.5) is 21.4 Å². The van der Waals surface area contributed by atoms with Crippen molar-refractivity contribution in [2.45, 2.75) is 40.5 Å². The van der Waals surface area contributed by atoms with Crippen molar-refractivity contribution in [1.29, 1.82) is 0 Å². The number of benzene rings is 1. The van der Waals surface area contributed by atoms with Crippen LogP contribution in [-0.4, -0.2) is 36.4 Å². The molecule has 0 radical (unpaired) electrons. The smallest absolute Gasteiger partial charge is 0.326 e. The summed E-state index contributed by atoms with van der Waals surface area (Å²) in [5.41, 5.74) is 2.76. The van der Waals surface area contributed by atoms with E-state index in [1.165, 1.54) is 19.9 Å². The number of anilines is 1. The number of nitrogens with zero attached hydrogens (tertiary/aromatic N) is 4. The van der Waals surface area contributed by atoms with Crippen LogP contribution in [0.1, 0.15) is 49.5 Å². The quantitative estimate of drug-likeness (QED) is 0.108. The van der Waals surface area contributed by atoms with Crippen LogP contribution in [0.2, 0.25) is 0 Å². The number of hydrogen-bond donors (Lipinski definition) is 0. The van der Waals surface area contributed by atoms with Gasteiger partial charge in [-0.3, -0.25) is 19.7 Å². The highest BCUT2D eigenvalue weighted by Crippen LogP contribution is 2.37. The second kappa shape index (κ2) is 11.3. The van der Waals surface area contributed by atoms with Crippen molar-refractivity contribution in [2.24, 2.45) is 10.2 Å². The Morgan fingerprint density at radius 3 is 2.52 bits per heavy atom. The zero-order chi connectivity index (χ0) is 23.0. The molecule has 0 fully saturated rings. The minimum atomic E-state index is -0.540. The summed E-state index contributed by atoms with van der Waals surface area (Å²) in [6.45, 7) is 8.82. The van der Waals surface area contributed by atoms with Crippen LogP contribution in [-0.2, 0) is 9.53 Å². The molecule has 0 aliphatic heterocycles. The minimum absolute atomic E-state index is 0.140. The molecule has 0 amide bonds. The van der Waals surface area contributed by atoms with E-state index in [1.807, 2.05) is 25.1 Å². The number of carbonyl (C=O) groups is 2. The first kappa shape index (κ1) is 24.1. The zero-order valence-electron chi connectivity index (χ0n) is 18.1. The van der Waals surface area contributed by atoms with Gasteiger partial charge >= 0.3 is 11.0 Å². The van der Waals surface area contributed by atoms with Gasteiger partial charge in [0.05, 0.1) is 22.8 Å². The van der Waals surface area contributed by atoms with Crippen LogP contribution in [0.15, 0.2) is 34.5 Å².